The molecule has 14 heavy (non-hydrogen) atoms. The number of hydrogen-bond donors (Lipinski definition) is 3. The van der Waals surface area contributed by atoms with Gasteiger partial charge in [0.1, 0.15) is 5.82 Å². The molecule has 1 aromatic rings. The molecule has 4 heteroatoms. The lowest BCUT2D eigenvalue weighted by molar-refractivity contribution is 0.534. The first-order valence-corrected chi connectivity index (χ1v) is 4.71. The molecular weight excluding hydrogens is 181 g/mol. The van der Waals surface area contributed by atoms with E-state index < -0.39 is 0 Å². The molecule has 0 radical (unpaired) electrons. The molecule has 1 aliphatic rings. The average Bonchev–Trinajstić information content (AvgIpc) is 2.21. The number of piperazine rings is 1. The Morgan fingerprint density at radius 1 is 1.07 bits per heavy atom. The molecule has 3 nitrogen and oxygen atoms in total. The van der Waals surface area contributed by atoms with E-state index in [2.05, 4.69) is 10.6 Å². The van der Waals surface area contributed by atoms with Gasteiger partial charge in [0.15, 0.2) is 0 Å². The van der Waals surface area contributed by atoms with Crippen LogP contribution in [0.25, 0.3) is 0 Å². The third kappa shape index (κ3) is 4.79. The second-order valence-corrected chi connectivity index (χ2v) is 3.06. The Morgan fingerprint density at radius 3 is 1.93 bits per heavy atom. The average molecular weight is 197 g/mol. The van der Waals surface area contributed by atoms with Crippen LogP contribution in [0.15, 0.2) is 24.3 Å². The molecule has 0 aliphatic carbocycles. The van der Waals surface area contributed by atoms with Crippen molar-refractivity contribution in [3.63, 3.8) is 0 Å². The summed E-state index contributed by atoms with van der Waals surface area (Å²) in [7, 11) is 0. The minimum atomic E-state index is -0.287. The Morgan fingerprint density at radius 2 is 1.64 bits per heavy atom. The van der Waals surface area contributed by atoms with Crippen LogP contribution in [-0.4, -0.2) is 26.2 Å². The van der Waals surface area contributed by atoms with E-state index in [1.165, 1.54) is 12.1 Å². The van der Waals surface area contributed by atoms with Gasteiger partial charge < -0.3 is 16.4 Å². The fraction of sp³-hybridized carbons (Fsp3) is 0.400. The first-order chi connectivity index (χ1) is 6.79. The van der Waals surface area contributed by atoms with E-state index in [9.17, 15) is 4.39 Å². The van der Waals surface area contributed by atoms with E-state index in [4.69, 9.17) is 5.73 Å². The van der Waals surface area contributed by atoms with Crippen LogP contribution in [0.2, 0.25) is 0 Å². The maximum atomic E-state index is 12.1. The number of nitrogen functional groups attached to an aromatic ring is 1. The molecule has 4 N–H and O–H groups in total. The number of anilines is 1. The van der Waals surface area contributed by atoms with Crippen LogP contribution in [-0.2, 0) is 0 Å². The van der Waals surface area contributed by atoms with Crippen molar-refractivity contribution in [1.29, 1.82) is 0 Å². The van der Waals surface area contributed by atoms with Crippen LogP contribution < -0.4 is 16.4 Å². The maximum Gasteiger partial charge on any atom is 0.125 e. The van der Waals surface area contributed by atoms with Gasteiger partial charge in [-0.05, 0) is 18.2 Å². The summed E-state index contributed by atoms with van der Waals surface area (Å²) >= 11 is 0. The molecule has 0 aromatic heterocycles. The molecule has 1 fully saturated rings. The van der Waals surface area contributed by atoms with Crippen molar-refractivity contribution in [2.45, 2.75) is 0 Å². The van der Waals surface area contributed by atoms with Crippen molar-refractivity contribution < 1.29 is 4.39 Å². The Kier molecular flexibility index (Phi) is 4.96. The topological polar surface area (TPSA) is 50.1 Å². The van der Waals surface area contributed by atoms with E-state index >= 15 is 0 Å². The van der Waals surface area contributed by atoms with E-state index in [1.54, 1.807) is 12.1 Å². The summed E-state index contributed by atoms with van der Waals surface area (Å²) in [4.78, 5) is 0. The van der Waals surface area contributed by atoms with Crippen LogP contribution in [0.1, 0.15) is 0 Å². The summed E-state index contributed by atoms with van der Waals surface area (Å²) in [5.74, 6) is -0.287. The molecule has 1 aromatic carbocycles. The van der Waals surface area contributed by atoms with Crippen molar-refractivity contribution in [3.05, 3.63) is 30.1 Å². The highest BCUT2D eigenvalue weighted by Crippen LogP contribution is 2.02. The summed E-state index contributed by atoms with van der Waals surface area (Å²) in [6.07, 6.45) is 0. The zero-order valence-electron chi connectivity index (χ0n) is 8.09. The Labute approximate surface area is 83.5 Å². The predicted molar refractivity (Wildman–Crippen MR) is 56.6 cm³/mol. The maximum absolute atomic E-state index is 12.1. The standard InChI is InChI=1S/C6H6FN.C4H10N2/c7-5-2-1-3-6(8)4-5;1-2-6-4-3-5-1/h1-4H,8H2;5-6H,1-4H2. The third-order valence-corrected chi connectivity index (χ3v) is 1.81. The van der Waals surface area contributed by atoms with E-state index in [0.29, 0.717) is 5.69 Å². The Bertz CT molecular complexity index is 233. The molecule has 0 saturated carbocycles. The Hall–Kier alpha value is -1.13. The molecule has 78 valence electrons. The zero-order chi connectivity index (χ0) is 10.2. The molecule has 2 rings (SSSR count). The second kappa shape index (κ2) is 6.34. The number of halogens is 1. The van der Waals surface area contributed by atoms with Crippen molar-refractivity contribution in [2.75, 3.05) is 31.9 Å². The van der Waals surface area contributed by atoms with Gasteiger partial charge in [0.05, 0.1) is 0 Å². The number of nitrogens with two attached hydrogens (primary N) is 1. The summed E-state index contributed by atoms with van der Waals surface area (Å²) in [6, 6.07) is 5.85. The van der Waals surface area contributed by atoms with Crippen LogP contribution in [0.5, 0.6) is 0 Å². The fourth-order valence-corrected chi connectivity index (χ4v) is 1.11. The number of hydrogen-bond acceptors (Lipinski definition) is 3. The van der Waals surface area contributed by atoms with Gasteiger partial charge >= 0.3 is 0 Å². The molecule has 1 aliphatic heterocycles. The van der Waals surface area contributed by atoms with Crippen LogP contribution in [0.4, 0.5) is 10.1 Å². The summed E-state index contributed by atoms with van der Waals surface area (Å²) in [5, 5.41) is 6.44. The minimum absolute atomic E-state index is 0.287. The number of rotatable bonds is 0. The normalized spacial score (nSPS) is 15.5. The summed E-state index contributed by atoms with van der Waals surface area (Å²) in [6.45, 7) is 4.56. The molecule has 0 bridgehead atoms. The van der Waals surface area contributed by atoms with Gasteiger partial charge in [0.25, 0.3) is 0 Å². The lowest BCUT2D eigenvalue weighted by atomic mass is 10.3. The smallest absolute Gasteiger partial charge is 0.125 e. The van der Waals surface area contributed by atoms with E-state index in [0.717, 1.165) is 26.2 Å². The molecule has 1 saturated heterocycles. The van der Waals surface area contributed by atoms with Crippen LogP contribution in [0.3, 0.4) is 0 Å². The lowest BCUT2D eigenvalue weighted by Crippen LogP contribution is -2.39. The molecule has 1 heterocycles. The van der Waals surface area contributed by atoms with Gasteiger partial charge in [0.2, 0.25) is 0 Å². The summed E-state index contributed by atoms with van der Waals surface area (Å²) < 4.78 is 12.1. The van der Waals surface area contributed by atoms with Gasteiger partial charge in [0, 0.05) is 31.9 Å². The van der Waals surface area contributed by atoms with Gasteiger partial charge in [-0.1, -0.05) is 6.07 Å². The molecule has 0 atom stereocenters. The lowest BCUT2D eigenvalue weighted by Gasteiger charge is -2.11. The van der Waals surface area contributed by atoms with Gasteiger partial charge in [-0.15, -0.1) is 0 Å². The van der Waals surface area contributed by atoms with Gasteiger partial charge in [-0.25, -0.2) is 4.39 Å². The molecular formula is C10H16FN3. The summed E-state index contributed by atoms with van der Waals surface area (Å²) in [5.41, 5.74) is 5.68. The molecule has 0 spiro atoms. The highest BCUT2D eigenvalue weighted by molar-refractivity contribution is 5.36. The van der Waals surface area contributed by atoms with Crippen LogP contribution >= 0.6 is 0 Å². The first kappa shape index (κ1) is 10.9. The van der Waals surface area contributed by atoms with Gasteiger partial charge in [-0.2, -0.15) is 0 Å². The van der Waals surface area contributed by atoms with E-state index in [1.807, 2.05) is 0 Å². The third-order valence-electron chi connectivity index (χ3n) is 1.81. The highest BCUT2D eigenvalue weighted by atomic mass is 19.1. The number of benzene rings is 1. The van der Waals surface area contributed by atoms with E-state index in [-0.39, 0.29) is 5.82 Å². The fourth-order valence-electron chi connectivity index (χ4n) is 1.11. The zero-order valence-corrected chi connectivity index (χ0v) is 8.09. The predicted octanol–water partition coefficient (Wildman–Crippen LogP) is 0.587. The second-order valence-electron chi connectivity index (χ2n) is 3.06. The minimum Gasteiger partial charge on any atom is -0.399 e. The van der Waals surface area contributed by atoms with Crippen molar-refractivity contribution >= 4 is 5.69 Å². The largest absolute Gasteiger partial charge is 0.399 e. The molecule has 0 unspecified atom stereocenters. The SMILES string of the molecule is C1CNCCN1.Nc1cccc(F)c1. The van der Waals surface area contributed by atoms with Gasteiger partial charge in [-0.3, -0.25) is 0 Å². The number of nitrogens with one attached hydrogen (secondary N) is 2. The quantitative estimate of drug-likeness (QED) is 0.533. The molecule has 0 amide bonds. The Balaban J connectivity index is 0.000000146. The monoisotopic (exact) mass is 197 g/mol. The first-order valence-electron chi connectivity index (χ1n) is 4.71. The van der Waals surface area contributed by atoms with Crippen LogP contribution in [0, 0.1) is 5.82 Å². The van der Waals surface area contributed by atoms with Crippen molar-refractivity contribution in [2.24, 2.45) is 0 Å². The highest BCUT2D eigenvalue weighted by Gasteiger charge is 1.91. The van der Waals surface area contributed by atoms with Crippen molar-refractivity contribution in [3.8, 4) is 0 Å². The van der Waals surface area contributed by atoms with Crippen molar-refractivity contribution in [1.82, 2.24) is 10.6 Å².